The molecular formula is C22H19ClN4O2S. The molecule has 0 aliphatic heterocycles. The molecule has 4 rings (SSSR count). The highest BCUT2D eigenvalue weighted by atomic mass is 35.5. The van der Waals surface area contributed by atoms with Crippen LogP contribution in [0.5, 0.6) is 0 Å². The van der Waals surface area contributed by atoms with Crippen LogP contribution in [-0.2, 0) is 11.3 Å². The van der Waals surface area contributed by atoms with Gasteiger partial charge >= 0.3 is 0 Å². The number of thioether (sulfide) groups is 1. The number of carbonyl (C=O) groups is 1. The van der Waals surface area contributed by atoms with Crippen LogP contribution in [-0.4, -0.2) is 26.4 Å². The topological polar surface area (TPSA) is 73.0 Å². The molecule has 0 fully saturated rings. The molecule has 2 aromatic heterocycles. The number of carbonyl (C=O) groups excluding carboxylic acids is 1. The minimum Gasteiger partial charge on any atom is -0.461 e. The lowest BCUT2D eigenvalue weighted by Gasteiger charge is -2.10. The second-order valence-electron chi connectivity index (χ2n) is 6.65. The van der Waals surface area contributed by atoms with E-state index in [0.29, 0.717) is 28.3 Å². The van der Waals surface area contributed by atoms with Gasteiger partial charge < -0.3 is 9.73 Å². The smallest absolute Gasteiger partial charge is 0.234 e. The van der Waals surface area contributed by atoms with Gasteiger partial charge in [-0.1, -0.05) is 53.7 Å². The van der Waals surface area contributed by atoms with E-state index in [4.69, 9.17) is 16.0 Å². The number of furan rings is 1. The largest absolute Gasteiger partial charge is 0.461 e. The van der Waals surface area contributed by atoms with Gasteiger partial charge in [0.15, 0.2) is 10.9 Å². The van der Waals surface area contributed by atoms with Crippen LogP contribution in [0, 0.1) is 6.92 Å². The fourth-order valence-corrected chi connectivity index (χ4v) is 3.94. The van der Waals surface area contributed by atoms with Gasteiger partial charge in [0.05, 0.1) is 18.6 Å². The molecule has 152 valence electrons. The summed E-state index contributed by atoms with van der Waals surface area (Å²) in [6.45, 7) is 2.48. The highest BCUT2D eigenvalue weighted by Gasteiger charge is 2.18. The number of aryl methyl sites for hydroxylation is 1. The van der Waals surface area contributed by atoms with Gasteiger partial charge in [-0.05, 0) is 48.4 Å². The number of halogens is 1. The maximum absolute atomic E-state index is 12.5. The zero-order valence-corrected chi connectivity index (χ0v) is 17.8. The van der Waals surface area contributed by atoms with Crippen molar-refractivity contribution in [3.8, 4) is 11.6 Å². The summed E-state index contributed by atoms with van der Waals surface area (Å²) in [5, 5.41) is 12.8. The Morgan fingerprint density at radius 3 is 2.70 bits per heavy atom. The van der Waals surface area contributed by atoms with Crippen molar-refractivity contribution in [1.29, 1.82) is 0 Å². The maximum Gasteiger partial charge on any atom is 0.234 e. The molecular weight excluding hydrogens is 420 g/mol. The second-order valence-corrected chi connectivity index (χ2v) is 8.03. The van der Waals surface area contributed by atoms with Crippen molar-refractivity contribution in [3.63, 3.8) is 0 Å². The number of amides is 1. The van der Waals surface area contributed by atoms with Crippen molar-refractivity contribution >= 4 is 35.0 Å². The molecule has 30 heavy (non-hydrogen) atoms. The highest BCUT2D eigenvalue weighted by Crippen LogP contribution is 2.26. The zero-order chi connectivity index (χ0) is 20.9. The molecule has 2 aromatic carbocycles. The van der Waals surface area contributed by atoms with Crippen LogP contribution in [0.4, 0.5) is 5.69 Å². The number of aromatic nitrogens is 3. The van der Waals surface area contributed by atoms with Crippen molar-refractivity contribution in [2.45, 2.75) is 18.6 Å². The molecule has 0 aliphatic carbocycles. The van der Waals surface area contributed by atoms with E-state index < -0.39 is 0 Å². The van der Waals surface area contributed by atoms with Crippen LogP contribution in [0.2, 0.25) is 5.02 Å². The molecule has 2 heterocycles. The van der Waals surface area contributed by atoms with Gasteiger partial charge in [-0.25, -0.2) is 0 Å². The minimum atomic E-state index is -0.126. The molecule has 0 bridgehead atoms. The fraction of sp³-hybridized carbons (Fsp3) is 0.136. The van der Waals surface area contributed by atoms with Gasteiger partial charge in [-0.15, -0.1) is 10.2 Å². The third-order valence-corrected chi connectivity index (χ3v) is 5.64. The molecule has 0 unspecified atom stereocenters. The molecule has 0 aliphatic rings. The lowest BCUT2D eigenvalue weighted by atomic mass is 10.2. The molecule has 4 aromatic rings. The first-order valence-corrected chi connectivity index (χ1v) is 10.7. The van der Waals surface area contributed by atoms with E-state index in [1.165, 1.54) is 11.8 Å². The highest BCUT2D eigenvalue weighted by molar-refractivity contribution is 7.99. The van der Waals surface area contributed by atoms with Crippen molar-refractivity contribution < 1.29 is 9.21 Å². The fourth-order valence-electron chi connectivity index (χ4n) is 2.98. The number of rotatable bonds is 7. The zero-order valence-electron chi connectivity index (χ0n) is 16.2. The number of anilines is 1. The third kappa shape index (κ3) is 4.75. The number of hydrogen-bond donors (Lipinski definition) is 1. The standard InChI is InChI=1S/C22H19ClN4O2S/c1-15-12-17(23)9-10-18(15)24-20(28)14-30-22-26-25-21(19-8-5-11-29-19)27(22)13-16-6-3-2-4-7-16/h2-12H,13-14H2,1H3,(H,24,28). The molecule has 1 amide bonds. The van der Waals surface area contributed by atoms with Gasteiger partial charge in [0.2, 0.25) is 11.7 Å². The predicted molar refractivity (Wildman–Crippen MR) is 119 cm³/mol. The van der Waals surface area contributed by atoms with Crippen molar-refractivity contribution in [2.24, 2.45) is 0 Å². The normalized spacial score (nSPS) is 10.9. The van der Waals surface area contributed by atoms with Gasteiger partial charge in [0, 0.05) is 10.7 Å². The van der Waals surface area contributed by atoms with Gasteiger partial charge in [-0.3, -0.25) is 9.36 Å². The first-order chi connectivity index (χ1) is 14.6. The number of benzene rings is 2. The van der Waals surface area contributed by atoms with Crippen LogP contribution in [0.15, 0.2) is 76.5 Å². The SMILES string of the molecule is Cc1cc(Cl)ccc1NC(=O)CSc1nnc(-c2ccco2)n1Cc1ccccc1. The van der Waals surface area contributed by atoms with Gasteiger partial charge in [0.1, 0.15) is 0 Å². The maximum atomic E-state index is 12.5. The van der Waals surface area contributed by atoms with E-state index in [2.05, 4.69) is 15.5 Å². The lowest BCUT2D eigenvalue weighted by molar-refractivity contribution is -0.113. The Hall–Kier alpha value is -3.03. The molecule has 0 atom stereocenters. The summed E-state index contributed by atoms with van der Waals surface area (Å²) in [4.78, 5) is 12.5. The Labute approximate surface area is 183 Å². The molecule has 0 radical (unpaired) electrons. The third-order valence-electron chi connectivity index (χ3n) is 4.44. The van der Waals surface area contributed by atoms with E-state index in [9.17, 15) is 4.79 Å². The summed E-state index contributed by atoms with van der Waals surface area (Å²) in [6.07, 6.45) is 1.60. The van der Waals surface area contributed by atoms with Crippen molar-refractivity contribution in [3.05, 3.63) is 83.1 Å². The number of nitrogens with one attached hydrogen (secondary N) is 1. The molecule has 6 nitrogen and oxygen atoms in total. The Morgan fingerprint density at radius 1 is 1.13 bits per heavy atom. The summed E-state index contributed by atoms with van der Waals surface area (Å²) in [7, 11) is 0. The molecule has 0 saturated carbocycles. The van der Waals surface area contributed by atoms with E-state index >= 15 is 0 Å². The summed E-state index contributed by atoms with van der Waals surface area (Å²) in [5.74, 6) is 1.33. The van der Waals surface area contributed by atoms with Gasteiger partial charge in [-0.2, -0.15) is 0 Å². The quantitative estimate of drug-likeness (QED) is 0.397. The van der Waals surface area contributed by atoms with E-state index in [1.54, 1.807) is 18.4 Å². The van der Waals surface area contributed by atoms with Crippen molar-refractivity contribution in [1.82, 2.24) is 14.8 Å². The Kier molecular flexibility index (Phi) is 6.21. The molecule has 8 heteroatoms. The molecule has 1 N–H and O–H groups in total. The van der Waals surface area contributed by atoms with Crippen molar-refractivity contribution in [2.75, 3.05) is 11.1 Å². The van der Waals surface area contributed by atoms with E-state index in [1.807, 2.05) is 60.0 Å². The lowest BCUT2D eigenvalue weighted by Crippen LogP contribution is -2.15. The Bertz CT molecular complexity index is 1140. The number of hydrogen-bond acceptors (Lipinski definition) is 5. The van der Waals surface area contributed by atoms with E-state index in [-0.39, 0.29) is 11.7 Å². The van der Waals surface area contributed by atoms with Crippen LogP contribution in [0.25, 0.3) is 11.6 Å². The summed E-state index contributed by atoms with van der Waals surface area (Å²) in [5.41, 5.74) is 2.76. The predicted octanol–water partition coefficient (Wildman–Crippen LogP) is 5.28. The average Bonchev–Trinajstić information content (AvgIpc) is 3.39. The minimum absolute atomic E-state index is 0.126. The summed E-state index contributed by atoms with van der Waals surface area (Å²) >= 11 is 7.31. The monoisotopic (exact) mass is 438 g/mol. The first-order valence-electron chi connectivity index (χ1n) is 9.30. The van der Waals surface area contributed by atoms with Crippen LogP contribution in [0.1, 0.15) is 11.1 Å². The summed E-state index contributed by atoms with van der Waals surface area (Å²) in [6, 6.07) is 19.0. The Balaban J connectivity index is 1.51. The van der Waals surface area contributed by atoms with Gasteiger partial charge in [0.25, 0.3) is 0 Å². The van der Waals surface area contributed by atoms with E-state index in [0.717, 1.165) is 16.8 Å². The Morgan fingerprint density at radius 2 is 1.97 bits per heavy atom. The van der Waals surface area contributed by atoms with Crippen LogP contribution < -0.4 is 5.32 Å². The molecule has 0 saturated heterocycles. The average molecular weight is 439 g/mol. The van der Waals surface area contributed by atoms with Crippen LogP contribution in [0.3, 0.4) is 0 Å². The van der Waals surface area contributed by atoms with Crippen LogP contribution >= 0.6 is 23.4 Å². The summed E-state index contributed by atoms with van der Waals surface area (Å²) < 4.78 is 7.47. The number of nitrogens with zero attached hydrogens (tertiary/aromatic N) is 3. The molecule has 0 spiro atoms. The second kappa shape index (κ2) is 9.19. The first kappa shape index (κ1) is 20.3.